The Labute approximate surface area is 189 Å². The Morgan fingerprint density at radius 2 is 1.82 bits per heavy atom. The molecule has 1 unspecified atom stereocenters. The molecule has 3 aromatic rings. The smallest absolute Gasteiger partial charge is 0.339 e. The number of benzene rings is 3. The molecule has 2 N–H and O–H groups in total. The van der Waals surface area contributed by atoms with Crippen molar-refractivity contribution in [1.82, 2.24) is 0 Å². The number of sulfonamides is 1. The number of nitrogens with one attached hydrogen (secondary N) is 2. The van der Waals surface area contributed by atoms with E-state index < -0.39 is 33.8 Å². The number of amides is 1. The van der Waals surface area contributed by atoms with E-state index in [4.69, 9.17) is 9.47 Å². The molecule has 8 nitrogen and oxygen atoms in total. The zero-order chi connectivity index (χ0) is 23.6. The molecule has 0 radical (unpaired) electrons. The maximum atomic E-state index is 13.1. The van der Waals surface area contributed by atoms with Crippen LogP contribution in [0.4, 0.5) is 15.8 Å². The normalized spacial score (nSPS) is 14.8. The lowest BCUT2D eigenvalue weighted by molar-refractivity contribution is -0.118. The van der Waals surface area contributed by atoms with Gasteiger partial charge >= 0.3 is 5.97 Å². The Balaban J connectivity index is 1.50. The Morgan fingerprint density at radius 1 is 1.09 bits per heavy atom. The second kappa shape index (κ2) is 8.91. The summed E-state index contributed by atoms with van der Waals surface area (Å²) in [5.41, 5.74) is 1.45. The fourth-order valence-corrected chi connectivity index (χ4v) is 4.50. The molecule has 0 fully saturated rings. The van der Waals surface area contributed by atoms with Crippen LogP contribution in [-0.4, -0.2) is 27.4 Å². The molecule has 0 bridgehead atoms. The van der Waals surface area contributed by atoms with Crippen molar-refractivity contribution in [2.75, 3.05) is 17.1 Å². The van der Waals surface area contributed by atoms with Crippen LogP contribution in [0.1, 0.15) is 28.4 Å². The van der Waals surface area contributed by atoms with Gasteiger partial charge in [0.1, 0.15) is 17.7 Å². The molecule has 0 aliphatic carbocycles. The summed E-state index contributed by atoms with van der Waals surface area (Å²) in [5.74, 6) is -1.25. The maximum absolute atomic E-state index is 13.1. The number of esters is 1. The predicted octanol–water partition coefficient (Wildman–Crippen LogP) is 3.88. The van der Waals surface area contributed by atoms with E-state index in [1.165, 1.54) is 19.2 Å². The summed E-state index contributed by atoms with van der Waals surface area (Å²) in [5, 5.41) is 2.67. The lowest BCUT2D eigenvalue weighted by Crippen LogP contribution is -2.17. The van der Waals surface area contributed by atoms with Gasteiger partial charge in [-0.25, -0.2) is 17.6 Å². The molecule has 1 amide bonds. The van der Waals surface area contributed by atoms with Gasteiger partial charge in [0.15, 0.2) is 0 Å². The van der Waals surface area contributed by atoms with Gasteiger partial charge in [0.2, 0.25) is 5.91 Å². The molecular weight excluding hydrogens is 451 g/mol. The summed E-state index contributed by atoms with van der Waals surface area (Å²) in [7, 11) is -2.66. The van der Waals surface area contributed by atoms with Crippen LogP contribution >= 0.6 is 0 Å². The SMILES string of the molecule is COc1ccc(NC(=O)CC2OC(=O)c3ccccc32)cc1NS(=O)(=O)c1ccc(F)cc1. The highest BCUT2D eigenvalue weighted by atomic mass is 32.2. The Kier molecular flexibility index (Phi) is 6.01. The summed E-state index contributed by atoms with van der Waals surface area (Å²) < 4.78 is 51.4. The molecule has 1 atom stereocenters. The quantitative estimate of drug-likeness (QED) is 0.507. The van der Waals surface area contributed by atoms with Crippen LogP contribution in [0.2, 0.25) is 0 Å². The molecule has 0 saturated heterocycles. The predicted molar refractivity (Wildman–Crippen MR) is 118 cm³/mol. The van der Waals surface area contributed by atoms with Crippen LogP contribution in [0.3, 0.4) is 0 Å². The Morgan fingerprint density at radius 3 is 2.55 bits per heavy atom. The average molecular weight is 470 g/mol. The molecule has 33 heavy (non-hydrogen) atoms. The van der Waals surface area contributed by atoms with Crippen LogP contribution in [0.5, 0.6) is 5.75 Å². The first-order chi connectivity index (χ1) is 15.8. The molecular formula is C23H19FN2O6S. The molecule has 1 aliphatic rings. The number of carbonyl (C=O) groups is 2. The highest BCUT2D eigenvalue weighted by Crippen LogP contribution is 2.34. The minimum atomic E-state index is -4.03. The molecule has 1 aliphatic heterocycles. The first-order valence-electron chi connectivity index (χ1n) is 9.83. The zero-order valence-corrected chi connectivity index (χ0v) is 18.2. The van der Waals surface area contributed by atoms with Gasteiger partial charge in [0.25, 0.3) is 10.0 Å². The van der Waals surface area contributed by atoms with Crippen molar-refractivity contribution in [2.24, 2.45) is 0 Å². The number of hydrogen-bond acceptors (Lipinski definition) is 6. The highest BCUT2D eigenvalue weighted by molar-refractivity contribution is 7.92. The number of methoxy groups -OCH3 is 1. The fraction of sp³-hybridized carbons (Fsp3) is 0.130. The largest absolute Gasteiger partial charge is 0.495 e. The van der Waals surface area contributed by atoms with Crippen molar-refractivity contribution in [3.05, 3.63) is 83.7 Å². The van der Waals surface area contributed by atoms with Crippen LogP contribution in [0, 0.1) is 5.82 Å². The Bertz CT molecular complexity index is 1330. The lowest BCUT2D eigenvalue weighted by atomic mass is 10.0. The summed E-state index contributed by atoms with van der Waals surface area (Å²) in [4.78, 5) is 24.4. The number of anilines is 2. The van der Waals surface area contributed by atoms with Crippen molar-refractivity contribution >= 4 is 33.3 Å². The summed E-state index contributed by atoms with van der Waals surface area (Å²) in [6.07, 6.45) is -0.811. The average Bonchev–Trinajstić information content (AvgIpc) is 3.09. The third-order valence-electron chi connectivity index (χ3n) is 5.00. The third-order valence-corrected chi connectivity index (χ3v) is 6.38. The van der Waals surface area contributed by atoms with E-state index in [1.54, 1.807) is 30.3 Å². The monoisotopic (exact) mass is 470 g/mol. The van der Waals surface area contributed by atoms with E-state index in [-0.39, 0.29) is 22.8 Å². The number of fused-ring (bicyclic) bond motifs is 1. The van der Waals surface area contributed by atoms with Gasteiger partial charge in [-0.2, -0.15) is 0 Å². The number of ether oxygens (including phenoxy) is 2. The van der Waals surface area contributed by atoms with Crippen LogP contribution < -0.4 is 14.8 Å². The zero-order valence-electron chi connectivity index (χ0n) is 17.4. The molecule has 4 rings (SSSR count). The van der Waals surface area contributed by atoms with Crippen molar-refractivity contribution in [3.8, 4) is 5.75 Å². The minimum absolute atomic E-state index is 0.0808. The lowest BCUT2D eigenvalue weighted by Gasteiger charge is -2.15. The summed E-state index contributed by atoms with van der Waals surface area (Å²) in [6, 6.07) is 15.6. The summed E-state index contributed by atoms with van der Waals surface area (Å²) >= 11 is 0. The van der Waals surface area contributed by atoms with E-state index in [2.05, 4.69) is 10.0 Å². The molecule has 170 valence electrons. The van der Waals surface area contributed by atoms with Crippen molar-refractivity contribution < 1.29 is 31.9 Å². The van der Waals surface area contributed by atoms with Gasteiger partial charge in [-0.3, -0.25) is 9.52 Å². The fourth-order valence-electron chi connectivity index (χ4n) is 3.43. The highest BCUT2D eigenvalue weighted by Gasteiger charge is 2.32. The van der Waals surface area contributed by atoms with Gasteiger partial charge in [0.05, 0.1) is 29.7 Å². The molecule has 0 spiro atoms. The van der Waals surface area contributed by atoms with E-state index in [1.807, 2.05) is 0 Å². The van der Waals surface area contributed by atoms with Crippen molar-refractivity contribution in [2.45, 2.75) is 17.4 Å². The number of rotatable bonds is 7. The second-order valence-electron chi connectivity index (χ2n) is 7.21. The van der Waals surface area contributed by atoms with E-state index >= 15 is 0 Å². The van der Waals surface area contributed by atoms with Gasteiger partial charge in [0, 0.05) is 11.3 Å². The van der Waals surface area contributed by atoms with Gasteiger partial charge in [-0.05, 0) is 48.5 Å². The summed E-state index contributed by atoms with van der Waals surface area (Å²) in [6.45, 7) is 0. The Hall–Kier alpha value is -3.92. The topological polar surface area (TPSA) is 111 Å². The molecule has 3 aromatic carbocycles. The molecule has 0 saturated carbocycles. The number of carbonyl (C=O) groups excluding carboxylic acids is 2. The number of cyclic esters (lactones) is 1. The second-order valence-corrected chi connectivity index (χ2v) is 8.89. The number of halogens is 1. The number of hydrogen-bond donors (Lipinski definition) is 2. The molecule has 1 heterocycles. The standard InChI is InChI=1S/C23H19FN2O6S/c1-31-20-11-8-15(12-19(20)26-33(29,30)16-9-6-14(24)7-10-16)25-22(27)13-21-17-4-2-3-5-18(17)23(28)32-21/h2-12,21,26H,13H2,1H3,(H,25,27). The van der Waals surface area contributed by atoms with Gasteiger partial charge < -0.3 is 14.8 Å². The molecule has 10 heteroatoms. The first-order valence-corrected chi connectivity index (χ1v) is 11.3. The van der Waals surface area contributed by atoms with Crippen LogP contribution in [-0.2, 0) is 19.6 Å². The van der Waals surface area contributed by atoms with E-state index in [0.29, 0.717) is 16.8 Å². The first kappa shape index (κ1) is 22.3. The third kappa shape index (κ3) is 4.80. The van der Waals surface area contributed by atoms with Gasteiger partial charge in [-0.15, -0.1) is 0 Å². The van der Waals surface area contributed by atoms with Crippen LogP contribution in [0.25, 0.3) is 0 Å². The van der Waals surface area contributed by atoms with Gasteiger partial charge in [-0.1, -0.05) is 18.2 Å². The maximum Gasteiger partial charge on any atom is 0.339 e. The van der Waals surface area contributed by atoms with Crippen molar-refractivity contribution in [3.63, 3.8) is 0 Å². The van der Waals surface area contributed by atoms with Crippen LogP contribution in [0.15, 0.2) is 71.6 Å². The minimum Gasteiger partial charge on any atom is -0.495 e. The van der Waals surface area contributed by atoms with E-state index in [0.717, 1.165) is 24.3 Å². The van der Waals surface area contributed by atoms with E-state index in [9.17, 15) is 22.4 Å². The van der Waals surface area contributed by atoms with Crippen molar-refractivity contribution in [1.29, 1.82) is 0 Å². The molecule has 0 aromatic heterocycles.